The van der Waals surface area contributed by atoms with Crippen LogP contribution in [0.3, 0.4) is 0 Å². The fourth-order valence-corrected chi connectivity index (χ4v) is 1.92. The second-order valence-corrected chi connectivity index (χ2v) is 4.52. The number of methoxy groups -OCH3 is 3. The van der Waals surface area contributed by atoms with E-state index in [1.54, 1.807) is 21.3 Å². The molecule has 0 heterocycles. The zero-order valence-corrected chi connectivity index (χ0v) is 13.0. The van der Waals surface area contributed by atoms with Crippen molar-refractivity contribution in [2.24, 2.45) is 0 Å². The van der Waals surface area contributed by atoms with E-state index in [9.17, 15) is 0 Å². The number of hydrogen-bond acceptors (Lipinski definition) is 4. The Balaban J connectivity index is 2.63. The van der Waals surface area contributed by atoms with Gasteiger partial charge in [0.25, 0.3) is 0 Å². The van der Waals surface area contributed by atoms with E-state index in [-0.39, 0.29) is 0 Å². The molecule has 0 atom stereocenters. The molecule has 0 amide bonds. The van der Waals surface area contributed by atoms with Gasteiger partial charge in [0, 0.05) is 39.1 Å². The number of nitrogens with one attached hydrogen (secondary N) is 1. The van der Waals surface area contributed by atoms with Gasteiger partial charge in [0.2, 0.25) is 0 Å². The minimum atomic E-state index is 0.615. The lowest BCUT2D eigenvalue weighted by Crippen LogP contribution is -2.39. The van der Waals surface area contributed by atoms with Crippen molar-refractivity contribution in [2.75, 3.05) is 52.9 Å². The second-order valence-electron chi connectivity index (χ2n) is 4.13. The van der Waals surface area contributed by atoms with E-state index >= 15 is 0 Å². The summed E-state index contributed by atoms with van der Waals surface area (Å²) in [6, 6.07) is 7.65. The van der Waals surface area contributed by atoms with Gasteiger partial charge in [-0.1, -0.05) is 6.07 Å². The summed E-state index contributed by atoms with van der Waals surface area (Å²) in [5.74, 6) is 0.790. The number of thiocarbonyl (C=S) groups is 1. The SMILES string of the molecule is COCCN(CCOC)C(=S)Nc1cccc(OC)c1. The maximum absolute atomic E-state index is 5.43. The maximum Gasteiger partial charge on any atom is 0.173 e. The predicted octanol–water partition coefficient (Wildman–Crippen LogP) is 1.99. The average Bonchev–Trinajstić information content (AvgIpc) is 2.47. The van der Waals surface area contributed by atoms with Crippen LogP contribution in [0.15, 0.2) is 24.3 Å². The molecule has 0 saturated heterocycles. The van der Waals surface area contributed by atoms with Crippen LogP contribution in [0.2, 0.25) is 0 Å². The highest BCUT2D eigenvalue weighted by atomic mass is 32.1. The normalized spacial score (nSPS) is 10.2. The Labute approximate surface area is 125 Å². The molecule has 0 aliphatic heterocycles. The zero-order valence-electron chi connectivity index (χ0n) is 12.2. The van der Waals surface area contributed by atoms with Crippen LogP contribution in [0.25, 0.3) is 0 Å². The molecule has 5 nitrogen and oxygen atoms in total. The number of rotatable bonds is 8. The number of anilines is 1. The third-order valence-corrected chi connectivity index (χ3v) is 3.10. The summed E-state index contributed by atoms with van der Waals surface area (Å²) in [4.78, 5) is 2.02. The van der Waals surface area contributed by atoms with Crippen LogP contribution in [0.4, 0.5) is 5.69 Å². The highest BCUT2D eigenvalue weighted by Gasteiger charge is 2.09. The van der Waals surface area contributed by atoms with Crippen molar-refractivity contribution < 1.29 is 14.2 Å². The third-order valence-electron chi connectivity index (χ3n) is 2.74. The molecule has 0 aromatic heterocycles. The van der Waals surface area contributed by atoms with Gasteiger partial charge in [0.1, 0.15) is 5.75 Å². The van der Waals surface area contributed by atoms with Crippen LogP contribution >= 0.6 is 12.2 Å². The first-order chi connectivity index (χ1) is 9.71. The topological polar surface area (TPSA) is 43.0 Å². The van der Waals surface area contributed by atoms with Crippen molar-refractivity contribution in [3.05, 3.63) is 24.3 Å². The summed E-state index contributed by atoms with van der Waals surface area (Å²) in [6.07, 6.45) is 0. The maximum atomic E-state index is 5.43. The van der Waals surface area contributed by atoms with Crippen LogP contribution in [-0.4, -0.2) is 57.6 Å². The lowest BCUT2D eigenvalue weighted by molar-refractivity contribution is 0.147. The molecule has 0 aliphatic carbocycles. The van der Waals surface area contributed by atoms with Crippen LogP contribution in [0.1, 0.15) is 0 Å². The van der Waals surface area contributed by atoms with Crippen molar-refractivity contribution in [2.45, 2.75) is 0 Å². The van der Waals surface area contributed by atoms with E-state index in [1.807, 2.05) is 29.2 Å². The number of nitrogens with zero attached hydrogens (tertiary/aromatic N) is 1. The first kappa shape index (κ1) is 16.7. The smallest absolute Gasteiger partial charge is 0.173 e. The zero-order chi connectivity index (χ0) is 14.8. The van der Waals surface area contributed by atoms with Gasteiger partial charge in [-0.3, -0.25) is 0 Å². The summed E-state index contributed by atoms with van der Waals surface area (Å²) in [5, 5.41) is 3.85. The lowest BCUT2D eigenvalue weighted by atomic mass is 10.3. The van der Waals surface area contributed by atoms with Crippen LogP contribution in [-0.2, 0) is 9.47 Å². The van der Waals surface area contributed by atoms with E-state index in [0.717, 1.165) is 24.5 Å². The van der Waals surface area contributed by atoms with Crippen LogP contribution in [0, 0.1) is 0 Å². The van der Waals surface area contributed by atoms with Crippen molar-refractivity contribution in [3.63, 3.8) is 0 Å². The fourth-order valence-electron chi connectivity index (χ4n) is 1.62. The molecule has 0 spiro atoms. The van der Waals surface area contributed by atoms with Crippen LogP contribution in [0.5, 0.6) is 5.75 Å². The summed E-state index contributed by atoms with van der Waals surface area (Å²) in [5.41, 5.74) is 0.897. The van der Waals surface area contributed by atoms with Gasteiger partial charge in [-0.15, -0.1) is 0 Å². The standard InChI is InChI=1S/C14H22N2O3S/c1-17-9-7-16(8-10-18-2)14(20)15-12-5-4-6-13(11-12)19-3/h4-6,11H,7-10H2,1-3H3,(H,15,20). The van der Waals surface area contributed by atoms with Gasteiger partial charge >= 0.3 is 0 Å². The van der Waals surface area contributed by atoms with Gasteiger partial charge in [0.05, 0.1) is 20.3 Å². The summed E-state index contributed by atoms with van der Waals surface area (Å²) in [7, 11) is 4.99. The third kappa shape index (κ3) is 5.73. The average molecular weight is 298 g/mol. The van der Waals surface area contributed by atoms with Crippen molar-refractivity contribution in [1.82, 2.24) is 4.90 Å². The predicted molar refractivity (Wildman–Crippen MR) is 84.5 cm³/mol. The molecule has 0 unspecified atom stereocenters. The van der Waals surface area contributed by atoms with Crippen LogP contribution < -0.4 is 10.1 Å². The Morgan fingerprint density at radius 2 is 1.80 bits per heavy atom. The van der Waals surface area contributed by atoms with Gasteiger partial charge in [-0.2, -0.15) is 0 Å². The number of benzene rings is 1. The van der Waals surface area contributed by atoms with E-state index in [2.05, 4.69) is 5.32 Å². The van der Waals surface area contributed by atoms with E-state index in [4.69, 9.17) is 26.4 Å². The highest BCUT2D eigenvalue weighted by molar-refractivity contribution is 7.80. The van der Waals surface area contributed by atoms with Gasteiger partial charge in [-0.05, 0) is 24.4 Å². The molecule has 0 saturated carbocycles. The van der Waals surface area contributed by atoms with E-state index < -0.39 is 0 Å². The monoisotopic (exact) mass is 298 g/mol. The molecule has 1 N–H and O–H groups in total. The summed E-state index contributed by atoms with van der Waals surface area (Å²) in [6.45, 7) is 2.67. The Hall–Kier alpha value is -1.37. The van der Waals surface area contributed by atoms with E-state index in [0.29, 0.717) is 18.3 Å². The molecule has 6 heteroatoms. The van der Waals surface area contributed by atoms with Crippen molar-refractivity contribution in [3.8, 4) is 5.75 Å². The molecule has 0 aliphatic rings. The fraction of sp³-hybridized carbons (Fsp3) is 0.500. The minimum Gasteiger partial charge on any atom is -0.497 e. The first-order valence-electron chi connectivity index (χ1n) is 6.39. The van der Waals surface area contributed by atoms with Crippen molar-refractivity contribution >= 4 is 23.0 Å². The Bertz CT molecular complexity index is 407. The molecule has 0 radical (unpaired) electrons. The van der Waals surface area contributed by atoms with Crippen molar-refractivity contribution in [1.29, 1.82) is 0 Å². The van der Waals surface area contributed by atoms with Gasteiger partial charge < -0.3 is 24.4 Å². The molecule has 1 aromatic rings. The Kier molecular flexibility index (Phi) is 7.94. The Morgan fingerprint density at radius 3 is 2.35 bits per heavy atom. The quantitative estimate of drug-likeness (QED) is 0.740. The molecule has 1 aromatic carbocycles. The summed E-state index contributed by atoms with van der Waals surface area (Å²) >= 11 is 5.43. The molecule has 1 rings (SSSR count). The molecule has 0 bridgehead atoms. The molecule has 112 valence electrons. The van der Waals surface area contributed by atoms with E-state index in [1.165, 1.54) is 0 Å². The molecule has 0 fully saturated rings. The lowest BCUT2D eigenvalue weighted by Gasteiger charge is -2.25. The second kappa shape index (κ2) is 9.52. The first-order valence-corrected chi connectivity index (χ1v) is 6.80. The van der Waals surface area contributed by atoms with Gasteiger partial charge in [-0.25, -0.2) is 0 Å². The molecular formula is C14H22N2O3S. The van der Waals surface area contributed by atoms with Gasteiger partial charge in [0.15, 0.2) is 5.11 Å². The molecule has 20 heavy (non-hydrogen) atoms. The largest absolute Gasteiger partial charge is 0.497 e. The minimum absolute atomic E-state index is 0.615. The molecular weight excluding hydrogens is 276 g/mol. The highest BCUT2D eigenvalue weighted by Crippen LogP contribution is 2.17. The Morgan fingerprint density at radius 1 is 1.15 bits per heavy atom. The number of ether oxygens (including phenoxy) is 3. The number of hydrogen-bond donors (Lipinski definition) is 1. The summed E-state index contributed by atoms with van der Waals surface area (Å²) < 4.78 is 15.4.